The fourth-order valence-corrected chi connectivity index (χ4v) is 2.42. The SMILES string of the molecule is CC(NCc1cc(Cl)cc(Cl)c1)c1ccc(F)cc1. The van der Waals surface area contributed by atoms with E-state index in [0.717, 1.165) is 11.1 Å². The van der Waals surface area contributed by atoms with Crippen LogP contribution in [0.1, 0.15) is 24.1 Å². The lowest BCUT2D eigenvalue weighted by Gasteiger charge is -2.14. The third-order valence-electron chi connectivity index (χ3n) is 2.90. The summed E-state index contributed by atoms with van der Waals surface area (Å²) in [6.45, 7) is 2.68. The minimum Gasteiger partial charge on any atom is -0.306 e. The van der Waals surface area contributed by atoms with Crippen LogP contribution in [0.15, 0.2) is 42.5 Å². The zero-order valence-electron chi connectivity index (χ0n) is 10.5. The van der Waals surface area contributed by atoms with Crippen molar-refractivity contribution in [1.82, 2.24) is 5.32 Å². The van der Waals surface area contributed by atoms with Crippen LogP contribution in [0.2, 0.25) is 10.0 Å². The van der Waals surface area contributed by atoms with E-state index in [9.17, 15) is 4.39 Å². The van der Waals surface area contributed by atoms with Crippen LogP contribution in [0.3, 0.4) is 0 Å². The summed E-state index contributed by atoms with van der Waals surface area (Å²) in [6.07, 6.45) is 0. The topological polar surface area (TPSA) is 12.0 Å². The first kappa shape index (κ1) is 14.3. The maximum atomic E-state index is 12.8. The van der Waals surface area contributed by atoms with Crippen molar-refractivity contribution in [3.63, 3.8) is 0 Å². The molecular formula is C15H14Cl2FN. The number of halogens is 3. The monoisotopic (exact) mass is 297 g/mol. The molecule has 2 aromatic carbocycles. The first-order valence-corrected chi connectivity index (χ1v) is 6.74. The van der Waals surface area contributed by atoms with E-state index < -0.39 is 0 Å². The second kappa shape index (κ2) is 6.38. The standard InChI is InChI=1S/C15H14Cl2FN/c1-10(12-2-4-15(18)5-3-12)19-9-11-6-13(16)8-14(17)7-11/h2-8,10,19H,9H2,1H3. The Hall–Kier alpha value is -1.09. The normalized spacial score (nSPS) is 12.4. The van der Waals surface area contributed by atoms with Gasteiger partial charge < -0.3 is 5.32 Å². The summed E-state index contributed by atoms with van der Waals surface area (Å²) in [7, 11) is 0. The summed E-state index contributed by atoms with van der Waals surface area (Å²) >= 11 is 11.9. The van der Waals surface area contributed by atoms with Gasteiger partial charge in [0.15, 0.2) is 0 Å². The molecule has 0 heterocycles. The molecule has 1 nitrogen and oxygen atoms in total. The molecule has 0 fully saturated rings. The highest BCUT2D eigenvalue weighted by Crippen LogP contribution is 2.20. The van der Waals surface area contributed by atoms with Crippen molar-refractivity contribution in [3.05, 3.63) is 69.5 Å². The second-order valence-corrected chi connectivity index (χ2v) is 5.30. The van der Waals surface area contributed by atoms with Gasteiger partial charge in [-0.2, -0.15) is 0 Å². The molecule has 100 valence electrons. The van der Waals surface area contributed by atoms with Crippen LogP contribution in [-0.2, 0) is 6.54 Å². The van der Waals surface area contributed by atoms with Crippen LogP contribution < -0.4 is 5.32 Å². The van der Waals surface area contributed by atoms with E-state index >= 15 is 0 Å². The van der Waals surface area contributed by atoms with Gasteiger partial charge in [-0.3, -0.25) is 0 Å². The van der Waals surface area contributed by atoms with Crippen LogP contribution in [0.4, 0.5) is 4.39 Å². The highest BCUT2D eigenvalue weighted by Gasteiger charge is 2.05. The van der Waals surface area contributed by atoms with Gasteiger partial charge in [0, 0.05) is 22.6 Å². The van der Waals surface area contributed by atoms with Gasteiger partial charge in [0.1, 0.15) is 5.82 Å². The molecule has 0 bridgehead atoms. The van der Waals surface area contributed by atoms with Gasteiger partial charge in [0.25, 0.3) is 0 Å². The van der Waals surface area contributed by atoms with Crippen molar-refractivity contribution < 1.29 is 4.39 Å². The van der Waals surface area contributed by atoms with E-state index in [1.54, 1.807) is 18.2 Å². The number of rotatable bonds is 4. The number of benzene rings is 2. The molecule has 1 N–H and O–H groups in total. The summed E-state index contributed by atoms with van der Waals surface area (Å²) in [5.41, 5.74) is 2.06. The first-order valence-electron chi connectivity index (χ1n) is 5.98. The molecule has 0 spiro atoms. The average Bonchev–Trinajstić information content (AvgIpc) is 2.36. The van der Waals surface area contributed by atoms with Gasteiger partial charge in [0.2, 0.25) is 0 Å². The molecule has 0 aliphatic carbocycles. The molecule has 2 rings (SSSR count). The van der Waals surface area contributed by atoms with Gasteiger partial charge in [-0.05, 0) is 48.4 Å². The molecule has 4 heteroatoms. The van der Waals surface area contributed by atoms with Crippen LogP contribution in [-0.4, -0.2) is 0 Å². The van der Waals surface area contributed by atoms with Crippen molar-refractivity contribution in [3.8, 4) is 0 Å². The summed E-state index contributed by atoms with van der Waals surface area (Å²) in [5.74, 6) is -0.224. The quantitative estimate of drug-likeness (QED) is 0.839. The molecular weight excluding hydrogens is 284 g/mol. The molecule has 1 atom stereocenters. The first-order chi connectivity index (χ1) is 9.04. The van der Waals surface area contributed by atoms with Gasteiger partial charge >= 0.3 is 0 Å². The lowest BCUT2D eigenvalue weighted by molar-refractivity contribution is 0.571. The Morgan fingerprint density at radius 2 is 1.63 bits per heavy atom. The third-order valence-corrected chi connectivity index (χ3v) is 3.34. The summed E-state index contributed by atoms with van der Waals surface area (Å²) in [5, 5.41) is 4.60. The van der Waals surface area contributed by atoms with Crippen LogP contribution >= 0.6 is 23.2 Å². The molecule has 0 amide bonds. The summed E-state index contributed by atoms with van der Waals surface area (Å²) < 4.78 is 12.8. The van der Waals surface area contributed by atoms with E-state index in [2.05, 4.69) is 5.32 Å². The van der Waals surface area contributed by atoms with Gasteiger partial charge in [-0.25, -0.2) is 4.39 Å². The predicted molar refractivity (Wildman–Crippen MR) is 78.1 cm³/mol. The molecule has 0 aromatic heterocycles. The van der Waals surface area contributed by atoms with Gasteiger partial charge in [-0.1, -0.05) is 35.3 Å². The maximum absolute atomic E-state index is 12.8. The van der Waals surface area contributed by atoms with E-state index in [1.165, 1.54) is 12.1 Å². The molecule has 19 heavy (non-hydrogen) atoms. The lowest BCUT2D eigenvalue weighted by Crippen LogP contribution is -2.18. The summed E-state index contributed by atoms with van der Waals surface area (Å²) in [4.78, 5) is 0. The third kappa shape index (κ3) is 4.20. The predicted octanol–water partition coefficient (Wildman–Crippen LogP) is 4.98. The molecule has 0 saturated heterocycles. The van der Waals surface area contributed by atoms with E-state index in [4.69, 9.17) is 23.2 Å². The van der Waals surface area contributed by atoms with E-state index in [1.807, 2.05) is 19.1 Å². The zero-order valence-corrected chi connectivity index (χ0v) is 12.0. The van der Waals surface area contributed by atoms with E-state index in [0.29, 0.717) is 16.6 Å². The fraction of sp³-hybridized carbons (Fsp3) is 0.200. The molecule has 0 aliphatic rings. The Morgan fingerprint density at radius 1 is 1.05 bits per heavy atom. The van der Waals surface area contributed by atoms with Crippen LogP contribution in [0.5, 0.6) is 0 Å². The molecule has 0 radical (unpaired) electrons. The second-order valence-electron chi connectivity index (χ2n) is 4.43. The number of nitrogens with one attached hydrogen (secondary N) is 1. The highest BCUT2D eigenvalue weighted by atomic mass is 35.5. The van der Waals surface area contributed by atoms with Crippen LogP contribution in [0.25, 0.3) is 0 Å². The Balaban J connectivity index is 1.99. The van der Waals surface area contributed by atoms with Crippen molar-refractivity contribution in [2.45, 2.75) is 19.5 Å². The Kier molecular flexibility index (Phi) is 4.81. The Morgan fingerprint density at radius 3 is 2.21 bits per heavy atom. The molecule has 0 saturated carbocycles. The largest absolute Gasteiger partial charge is 0.306 e. The summed E-state index contributed by atoms with van der Waals surface area (Å²) in [6, 6.07) is 12.0. The fourth-order valence-electron chi connectivity index (χ4n) is 1.85. The van der Waals surface area contributed by atoms with Crippen molar-refractivity contribution in [1.29, 1.82) is 0 Å². The molecule has 0 aliphatic heterocycles. The minimum absolute atomic E-state index is 0.123. The van der Waals surface area contributed by atoms with Gasteiger partial charge in [-0.15, -0.1) is 0 Å². The van der Waals surface area contributed by atoms with Crippen molar-refractivity contribution in [2.75, 3.05) is 0 Å². The zero-order chi connectivity index (χ0) is 13.8. The van der Waals surface area contributed by atoms with Crippen molar-refractivity contribution >= 4 is 23.2 Å². The maximum Gasteiger partial charge on any atom is 0.123 e. The number of hydrogen-bond donors (Lipinski definition) is 1. The van der Waals surface area contributed by atoms with Crippen molar-refractivity contribution in [2.24, 2.45) is 0 Å². The lowest BCUT2D eigenvalue weighted by atomic mass is 10.1. The molecule has 2 aromatic rings. The Labute approximate surface area is 122 Å². The van der Waals surface area contributed by atoms with Gasteiger partial charge in [0.05, 0.1) is 0 Å². The smallest absolute Gasteiger partial charge is 0.123 e. The number of hydrogen-bond acceptors (Lipinski definition) is 1. The van der Waals surface area contributed by atoms with Crippen LogP contribution in [0, 0.1) is 5.82 Å². The average molecular weight is 298 g/mol. The molecule has 1 unspecified atom stereocenters. The van der Waals surface area contributed by atoms with E-state index in [-0.39, 0.29) is 11.9 Å². The Bertz CT molecular complexity index is 534. The highest BCUT2D eigenvalue weighted by molar-refractivity contribution is 6.34. The minimum atomic E-state index is -0.224.